The first-order chi connectivity index (χ1) is 14.9. The number of guanidine groups is 1. The fraction of sp³-hybridized carbons (Fsp3) is 0.333. The Hall–Kier alpha value is -3.48. The first-order valence-electron chi connectivity index (χ1n) is 10.5. The van der Waals surface area contributed by atoms with Crippen molar-refractivity contribution in [1.29, 1.82) is 0 Å². The van der Waals surface area contributed by atoms with Crippen molar-refractivity contribution in [1.82, 2.24) is 19.7 Å². The summed E-state index contributed by atoms with van der Waals surface area (Å²) in [5, 5.41) is 4.24. The highest BCUT2D eigenvalue weighted by molar-refractivity contribution is 6.02. The Morgan fingerprint density at radius 3 is 2.45 bits per heavy atom. The summed E-state index contributed by atoms with van der Waals surface area (Å²) in [5.74, 6) is 0.343. The van der Waals surface area contributed by atoms with Crippen LogP contribution in [-0.4, -0.2) is 38.6 Å². The summed E-state index contributed by atoms with van der Waals surface area (Å²) in [6, 6.07) is 12.3. The number of aliphatic imine (C=N–C) groups is 1. The van der Waals surface area contributed by atoms with E-state index >= 15 is 0 Å². The second-order valence-electron chi connectivity index (χ2n) is 8.72. The summed E-state index contributed by atoms with van der Waals surface area (Å²) in [5.41, 5.74) is 10.2. The minimum Gasteiger partial charge on any atom is -0.369 e. The van der Waals surface area contributed by atoms with E-state index in [-0.39, 0.29) is 11.9 Å². The number of nitrogens with two attached hydrogens (primary N) is 1. The minimum atomic E-state index is -0.853. The van der Waals surface area contributed by atoms with E-state index in [1.807, 2.05) is 32.3 Å². The normalized spacial score (nSPS) is 23.7. The maximum atomic E-state index is 13.5. The molecule has 1 saturated carbocycles. The lowest BCUT2D eigenvalue weighted by atomic mass is 9.74. The molecule has 0 bridgehead atoms. The fourth-order valence-electron chi connectivity index (χ4n) is 4.46. The number of amides is 1. The van der Waals surface area contributed by atoms with E-state index < -0.39 is 11.5 Å². The van der Waals surface area contributed by atoms with Crippen molar-refractivity contribution in [2.24, 2.45) is 17.8 Å². The Balaban J connectivity index is 1.62. The molecule has 2 aromatic heterocycles. The van der Waals surface area contributed by atoms with Gasteiger partial charge in [-0.3, -0.25) is 19.4 Å². The van der Waals surface area contributed by atoms with Gasteiger partial charge < -0.3 is 5.73 Å². The molecule has 2 atom stereocenters. The van der Waals surface area contributed by atoms with Crippen molar-refractivity contribution in [2.45, 2.75) is 37.1 Å². The SMILES string of the molecule is CN1C(=O)[C@@H](c2ccc(C3CC3)cc2)[C@@](C)(c2ccnc(-c3cnn(C)c3)c2)N=C1N. The van der Waals surface area contributed by atoms with Gasteiger partial charge in [-0.25, -0.2) is 4.99 Å². The van der Waals surface area contributed by atoms with Crippen LogP contribution in [0.4, 0.5) is 0 Å². The van der Waals surface area contributed by atoms with E-state index in [2.05, 4.69) is 34.3 Å². The molecule has 3 aromatic rings. The number of hydrogen-bond acceptors (Lipinski definition) is 5. The maximum absolute atomic E-state index is 13.5. The third-order valence-electron chi connectivity index (χ3n) is 6.49. The molecule has 3 heterocycles. The van der Waals surface area contributed by atoms with Crippen molar-refractivity contribution < 1.29 is 4.79 Å². The Morgan fingerprint density at radius 2 is 1.81 bits per heavy atom. The molecule has 2 N–H and O–H groups in total. The number of hydrogen-bond donors (Lipinski definition) is 1. The molecule has 158 valence electrons. The summed E-state index contributed by atoms with van der Waals surface area (Å²) in [7, 11) is 3.55. The third kappa shape index (κ3) is 3.30. The number of carbonyl (C=O) groups is 1. The zero-order valence-corrected chi connectivity index (χ0v) is 18.0. The van der Waals surface area contributed by atoms with Crippen LogP contribution in [0.15, 0.2) is 60.0 Å². The minimum absolute atomic E-state index is 0.0612. The zero-order valence-electron chi connectivity index (χ0n) is 18.0. The smallest absolute Gasteiger partial charge is 0.239 e. The molecule has 1 aromatic carbocycles. The van der Waals surface area contributed by atoms with E-state index in [9.17, 15) is 4.79 Å². The lowest BCUT2D eigenvalue weighted by Crippen LogP contribution is -2.52. The number of likely N-dealkylation sites (N-methyl/N-ethyl adjacent to an activating group) is 1. The van der Waals surface area contributed by atoms with Crippen molar-refractivity contribution >= 4 is 11.9 Å². The molecule has 0 spiro atoms. The molecule has 5 rings (SSSR count). The topological polar surface area (TPSA) is 89.4 Å². The van der Waals surface area contributed by atoms with E-state index in [1.165, 1.54) is 23.3 Å². The van der Waals surface area contributed by atoms with Crippen LogP contribution in [0.2, 0.25) is 0 Å². The fourth-order valence-corrected chi connectivity index (χ4v) is 4.46. The second kappa shape index (κ2) is 7.04. The zero-order chi connectivity index (χ0) is 21.8. The molecule has 7 nitrogen and oxygen atoms in total. The van der Waals surface area contributed by atoms with Crippen LogP contribution in [0.25, 0.3) is 11.3 Å². The van der Waals surface area contributed by atoms with Crippen LogP contribution in [0.1, 0.15) is 48.3 Å². The lowest BCUT2D eigenvalue weighted by Gasteiger charge is -2.41. The molecule has 0 saturated heterocycles. The number of nitrogens with zero attached hydrogens (tertiary/aromatic N) is 5. The van der Waals surface area contributed by atoms with Crippen molar-refractivity contribution in [3.8, 4) is 11.3 Å². The number of carbonyl (C=O) groups excluding carboxylic acids is 1. The van der Waals surface area contributed by atoms with Crippen LogP contribution < -0.4 is 5.73 Å². The first-order valence-corrected chi connectivity index (χ1v) is 10.5. The molecular weight excluding hydrogens is 388 g/mol. The van der Waals surface area contributed by atoms with Crippen molar-refractivity contribution in [3.05, 3.63) is 71.7 Å². The van der Waals surface area contributed by atoms with E-state index in [0.29, 0.717) is 5.92 Å². The van der Waals surface area contributed by atoms with Gasteiger partial charge in [-0.2, -0.15) is 5.10 Å². The molecule has 7 heteroatoms. The summed E-state index contributed by atoms with van der Waals surface area (Å²) >= 11 is 0. The Bertz CT molecular complexity index is 1180. The monoisotopic (exact) mass is 414 g/mol. The molecule has 0 radical (unpaired) electrons. The number of aromatic nitrogens is 3. The van der Waals surface area contributed by atoms with Crippen LogP contribution in [0, 0.1) is 0 Å². The highest BCUT2D eigenvalue weighted by Crippen LogP contribution is 2.45. The van der Waals surface area contributed by atoms with Gasteiger partial charge in [0.25, 0.3) is 0 Å². The van der Waals surface area contributed by atoms with Gasteiger partial charge in [-0.1, -0.05) is 24.3 Å². The average Bonchev–Trinajstić information content (AvgIpc) is 3.53. The highest BCUT2D eigenvalue weighted by atomic mass is 16.2. The van der Waals surface area contributed by atoms with Crippen molar-refractivity contribution in [2.75, 3.05) is 7.05 Å². The Kier molecular flexibility index (Phi) is 4.43. The van der Waals surface area contributed by atoms with Crippen LogP contribution >= 0.6 is 0 Å². The predicted molar refractivity (Wildman–Crippen MR) is 119 cm³/mol. The number of pyridine rings is 1. The Labute approximate surface area is 181 Å². The van der Waals surface area contributed by atoms with Gasteiger partial charge in [-0.05, 0) is 54.5 Å². The molecule has 0 unspecified atom stereocenters. The molecule has 1 aliphatic carbocycles. The van der Waals surface area contributed by atoms with Crippen LogP contribution in [-0.2, 0) is 17.4 Å². The summed E-state index contributed by atoms with van der Waals surface area (Å²) in [6.45, 7) is 1.98. The van der Waals surface area contributed by atoms with Crippen LogP contribution in [0.3, 0.4) is 0 Å². The molecule has 1 aliphatic heterocycles. The second-order valence-corrected chi connectivity index (χ2v) is 8.72. The summed E-state index contributed by atoms with van der Waals surface area (Å²) in [4.78, 5) is 24.2. The van der Waals surface area contributed by atoms with Crippen molar-refractivity contribution in [3.63, 3.8) is 0 Å². The van der Waals surface area contributed by atoms with E-state index in [1.54, 1.807) is 24.1 Å². The van der Waals surface area contributed by atoms with Gasteiger partial charge in [0, 0.05) is 32.1 Å². The summed E-state index contributed by atoms with van der Waals surface area (Å²) < 4.78 is 1.74. The van der Waals surface area contributed by atoms with Gasteiger partial charge in [0.2, 0.25) is 5.91 Å². The largest absolute Gasteiger partial charge is 0.369 e. The standard InChI is InChI=1S/C24H26N6O/c1-24(19-10-11-26-20(12-19)18-13-27-29(2)14-18)21(22(31)30(3)23(25)28-24)17-8-6-16(7-9-17)15-4-5-15/h6-15,21H,4-5H2,1-3H3,(H2,25,28)/t21-,24-/m1/s1. The summed E-state index contributed by atoms with van der Waals surface area (Å²) in [6.07, 6.45) is 7.94. The van der Waals surface area contributed by atoms with Gasteiger partial charge >= 0.3 is 0 Å². The lowest BCUT2D eigenvalue weighted by molar-refractivity contribution is -0.130. The van der Waals surface area contributed by atoms with E-state index in [0.717, 1.165) is 22.4 Å². The molecule has 1 fully saturated rings. The quantitative estimate of drug-likeness (QED) is 0.710. The van der Waals surface area contributed by atoms with Gasteiger partial charge in [0.1, 0.15) is 5.54 Å². The van der Waals surface area contributed by atoms with Gasteiger partial charge in [-0.15, -0.1) is 0 Å². The average molecular weight is 415 g/mol. The highest BCUT2D eigenvalue weighted by Gasteiger charge is 2.47. The van der Waals surface area contributed by atoms with Gasteiger partial charge in [0.05, 0.1) is 17.8 Å². The number of aryl methyl sites for hydroxylation is 1. The predicted octanol–water partition coefficient (Wildman–Crippen LogP) is 3.15. The molecule has 31 heavy (non-hydrogen) atoms. The number of rotatable bonds is 4. The molecular formula is C24H26N6O. The molecule has 1 amide bonds. The van der Waals surface area contributed by atoms with Crippen LogP contribution in [0.5, 0.6) is 0 Å². The maximum Gasteiger partial charge on any atom is 0.239 e. The van der Waals surface area contributed by atoms with Gasteiger partial charge in [0.15, 0.2) is 5.96 Å². The first kappa shape index (κ1) is 19.5. The number of benzene rings is 1. The third-order valence-corrected chi connectivity index (χ3v) is 6.49. The molecule has 2 aliphatic rings. The Morgan fingerprint density at radius 1 is 1.10 bits per heavy atom. The van der Waals surface area contributed by atoms with E-state index in [4.69, 9.17) is 10.7 Å².